The van der Waals surface area contributed by atoms with Crippen LogP contribution < -0.4 is 10.2 Å². The molecule has 1 aromatic heterocycles. The average Bonchev–Trinajstić information content (AvgIpc) is 3.36. The fraction of sp³-hybridized carbons (Fsp3) is 0.429. The minimum atomic E-state index is -1.17. The first kappa shape index (κ1) is 21.3. The minimum Gasteiger partial charge on any atom is -0.355 e. The van der Waals surface area contributed by atoms with Crippen LogP contribution in [0.15, 0.2) is 48.5 Å². The smallest absolute Gasteiger partial charge is 0.319 e. The van der Waals surface area contributed by atoms with E-state index in [0.29, 0.717) is 13.1 Å². The van der Waals surface area contributed by atoms with Crippen molar-refractivity contribution in [2.45, 2.75) is 63.5 Å². The van der Waals surface area contributed by atoms with Crippen LogP contribution in [0.25, 0.3) is 10.9 Å². The number of carbonyl (C=O) groups is 2. The number of para-hydroxylation sites is 2. The third-order valence-corrected chi connectivity index (χ3v) is 7.93. The molecule has 3 heterocycles. The summed E-state index contributed by atoms with van der Waals surface area (Å²) in [6, 6.07) is 16.3. The van der Waals surface area contributed by atoms with Crippen molar-refractivity contribution in [1.29, 1.82) is 0 Å². The van der Waals surface area contributed by atoms with Gasteiger partial charge in [0.1, 0.15) is 0 Å². The average molecular weight is 457 g/mol. The van der Waals surface area contributed by atoms with Crippen LogP contribution in [-0.4, -0.2) is 41.0 Å². The fourth-order valence-corrected chi connectivity index (χ4v) is 6.43. The largest absolute Gasteiger partial charge is 0.355 e. The lowest BCUT2D eigenvalue weighted by molar-refractivity contribution is -0.126. The van der Waals surface area contributed by atoms with Gasteiger partial charge in [0.15, 0.2) is 5.54 Å². The van der Waals surface area contributed by atoms with Gasteiger partial charge in [-0.3, -0.25) is 4.79 Å². The lowest BCUT2D eigenvalue weighted by Gasteiger charge is -2.44. The lowest BCUT2D eigenvalue weighted by atomic mass is 9.80. The fourth-order valence-electron chi connectivity index (χ4n) is 6.43. The molecule has 3 aromatic rings. The maximum absolute atomic E-state index is 14.5. The topological polar surface area (TPSA) is 68.4 Å². The number of aromatic nitrogens is 1. The highest BCUT2D eigenvalue weighted by Gasteiger charge is 2.60. The van der Waals surface area contributed by atoms with Crippen molar-refractivity contribution in [3.8, 4) is 0 Å². The maximum atomic E-state index is 14.5. The SMILES string of the molecule is CCCN1C(=O)[C@]2(c3ccccc31)c1[nH]c3ccccc3c1CCN2C(=O)NC1CCCCC1. The molecule has 1 fully saturated rings. The second-order valence-corrected chi connectivity index (χ2v) is 9.89. The molecule has 3 amide bonds. The molecule has 0 saturated heterocycles. The van der Waals surface area contributed by atoms with Crippen LogP contribution in [0.2, 0.25) is 0 Å². The lowest BCUT2D eigenvalue weighted by Crippen LogP contribution is -2.62. The van der Waals surface area contributed by atoms with Gasteiger partial charge in [0.2, 0.25) is 0 Å². The number of urea groups is 1. The molecule has 2 aliphatic heterocycles. The van der Waals surface area contributed by atoms with Crippen LogP contribution in [0.3, 0.4) is 0 Å². The molecule has 0 bridgehead atoms. The van der Waals surface area contributed by atoms with Crippen molar-refractivity contribution >= 4 is 28.5 Å². The number of aromatic amines is 1. The van der Waals surface area contributed by atoms with E-state index in [1.807, 2.05) is 46.2 Å². The van der Waals surface area contributed by atoms with Crippen molar-refractivity contribution in [2.24, 2.45) is 0 Å². The molecule has 2 aromatic carbocycles. The molecular formula is C28H32N4O2. The summed E-state index contributed by atoms with van der Waals surface area (Å²) >= 11 is 0. The van der Waals surface area contributed by atoms with Gasteiger partial charge in [0, 0.05) is 35.6 Å². The molecule has 1 atom stereocenters. The molecule has 2 N–H and O–H groups in total. The Morgan fingerprint density at radius 2 is 1.85 bits per heavy atom. The summed E-state index contributed by atoms with van der Waals surface area (Å²) in [6.07, 6.45) is 7.12. The molecule has 1 spiro atoms. The van der Waals surface area contributed by atoms with Crippen molar-refractivity contribution in [3.63, 3.8) is 0 Å². The first-order valence-electron chi connectivity index (χ1n) is 12.8. The Morgan fingerprint density at radius 3 is 2.68 bits per heavy atom. The normalized spacial score (nSPS) is 22.3. The predicted molar refractivity (Wildman–Crippen MR) is 134 cm³/mol. The number of rotatable bonds is 3. The second-order valence-electron chi connectivity index (χ2n) is 9.89. The van der Waals surface area contributed by atoms with Crippen LogP contribution in [-0.2, 0) is 16.8 Å². The Bertz CT molecular complexity index is 1260. The van der Waals surface area contributed by atoms with E-state index in [9.17, 15) is 9.59 Å². The number of anilines is 1. The van der Waals surface area contributed by atoms with E-state index in [1.54, 1.807) is 0 Å². The highest BCUT2D eigenvalue weighted by atomic mass is 16.2. The number of benzene rings is 2. The van der Waals surface area contributed by atoms with Crippen LogP contribution in [0.5, 0.6) is 0 Å². The van der Waals surface area contributed by atoms with Gasteiger partial charge in [-0.1, -0.05) is 62.6 Å². The van der Waals surface area contributed by atoms with Crippen LogP contribution in [0.1, 0.15) is 62.3 Å². The van der Waals surface area contributed by atoms with Gasteiger partial charge in [-0.15, -0.1) is 0 Å². The van der Waals surface area contributed by atoms with E-state index in [-0.39, 0.29) is 18.0 Å². The van der Waals surface area contributed by atoms with Gasteiger partial charge >= 0.3 is 6.03 Å². The summed E-state index contributed by atoms with van der Waals surface area (Å²) in [5.41, 5.74) is 3.67. The first-order chi connectivity index (χ1) is 16.7. The minimum absolute atomic E-state index is 0.0261. The standard InChI is InChI=1S/C28H32N4O2/c1-2-17-31-24-15-9-7-13-22(24)28(26(31)33)25-21(20-12-6-8-14-23(20)30-25)16-18-32(28)27(34)29-19-10-4-3-5-11-19/h6-9,12-15,19,30H,2-5,10-11,16-18H2,1H3,(H,29,34)/t28-/m0/s1. The number of hydrogen-bond donors (Lipinski definition) is 2. The molecule has 34 heavy (non-hydrogen) atoms. The molecule has 3 aliphatic rings. The van der Waals surface area contributed by atoms with Crippen LogP contribution >= 0.6 is 0 Å². The number of fused-ring (bicyclic) bond motifs is 6. The zero-order valence-electron chi connectivity index (χ0n) is 19.8. The van der Waals surface area contributed by atoms with Gasteiger partial charge in [-0.2, -0.15) is 0 Å². The van der Waals surface area contributed by atoms with Crippen LogP contribution in [0.4, 0.5) is 10.5 Å². The molecular weight excluding hydrogens is 424 g/mol. The molecule has 176 valence electrons. The Balaban J connectivity index is 1.55. The zero-order valence-corrected chi connectivity index (χ0v) is 19.8. The number of hydrogen-bond acceptors (Lipinski definition) is 2. The Kier molecular flexibility index (Phi) is 5.12. The highest BCUT2D eigenvalue weighted by molar-refractivity contribution is 6.12. The van der Waals surface area contributed by atoms with Crippen molar-refractivity contribution in [3.05, 3.63) is 65.4 Å². The van der Waals surface area contributed by atoms with Gasteiger partial charge in [-0.05, 0) is 43.4 Å². The molecule has 6 rings (SSSR count). The molecule has 6 nitrogen and oxygen atoms in total. The van der Waals surface area contributed by atoms with E-state index in [2.05, 4.69) is 29.4 Å². The number of carbonyl (C=O) groups excluding carboxylic acids is 2. The number of H-pyrrole nitrogens is 1. The monoisotopic (exact) mass is 456 g/mol. The number of nitrogens with one attached hydrogen (secondary N) is 2. The Morgan fingerprint density at radius 1 is 1.09 bits per heavy atom. The quantitative estimate of drug-likeness (QED) is 0.578. The number of nitrogens with zero attached hydrogens (tertiary/aromatic N) is 2. The highest BCUT2D eigenvalue weighted by Crippen LogP contribution is 2.52. The molecule has 1 aliphatic carbocycles. The molecule has 0 unspecified atom stereocenters. The zero-order chi connectivity index (χ0) is 23.3. The van der Waals surface area contributed by atoms with Gasteiger partial charge < -0.3 is 20.1 Å². The van der Waals surface area contributed by atoms with Crippen molar-refractivity contribution in [1.82, 2.24) is 15.2 Å². The van der Waals surface area contributed by atoms with Crippen LogP contribution in [0, 0.1) is 0 Å². The summed E-state index contributed by atoms with van der Waals surface area (Å²) in [6.45, 7) is 3.22. The number of amides is 3. The van der Waals surface area contributed by atoms with Gasteiger partial charge in [0.05, 0.1) is 11.4 Å². The summed E-state index contributed by atoms with van der Waals surface area (Å²) < 4.78 is 0. The van der Waals surface area contributed by atoms with E-state index in [4.69, 9.17) is 0 Å². The summed E-state index contributed by atoms with van der Waals surface area (Å²) in [5, 5.41) is 4.45. The molecule has 1 saturated carbocycles. The first-order valence-corrected chi connectivity index (χ1v) is 12.8. The maximum Gasteiger partial charge on any atom is 0.319 e. The van der Waals surface area contributed by atoms with E-state index in [0.717, 1.165) is 71.9 Å². The third kappa shape index (κ3) is 2.93. The Hall–Kier alpha value is -3.28. The van der Waals surface area contributed by atoms with Crippen molar-refractivity contribution < 1.29 is 9.59 Å². The third-order valence-electron chi connectivity index (χ3n) is 7.93. The van der Waals surface area contributed by atoms with E-state index in [1.165, 1.54) is 6.42 Å². The Labute approximate surface area is 200 Å². The van der Waals surface area contributed by atoms with E-state index < -0.39 is 5.54 Å². The van der Waals surface area contributed by atoms with E-state index >= 15 is 0 Å². The van der Waals surface area contributed by atoms with Gasteiger partial charge in [-0.25, -0.2) is 4.79 Å². The summed E-state index contributed by atoms with van der Waals surface area (Å²) in [7, 11) is 0. The van der Waals surface area contributed by atoms with Gasteiger partial charge in [0.25, 0.3) is 5.91 Å². The molecule has 6 heteroatoms. The second kappa shape index (κ2) is 8.19. The predicted octanol–water partition coefficient (Wildman–Crippen LogP) is 5.07. The summed E-state index contributed by atoms with van der Waals surface area (Å²) in [5.74, 6) is -0.0261. The van der Waals surface area contributed by atoms with Crippen molar-refractivity contribution in [2.75, 3.05) is 18.0 Å². The summed E-state index contributed by atoms with van der Waals surface area (Å²) in [4.78, 5) is 35.7. The molecule has 0 radical (unpaired) electrons.